The summed E-state index contributed by atoms with van der Waals surface area (Å²) in [6.45, 7) is 0. The van der Waals surface area contributed by atoms with E-state index in [-0.39, 0.29) is 37.0 Å². The number of anilines is 1. The molecule has 3 aliphatic rings. The first-order valence-corrected chi connectivity index (χ1v) is 10.7. The second-order valence-electron chi connectivity index (χ2n) is 8.63. The molecular formula is C25H19N4O2U-. The summed E-state index contributed by atoms with van der Waals surface area (Å²) in [6, 6.07) is 17.3. The van der Waals surface area contributed by atoms with Gasteiger partial charge in [0.25, 0.3) is 0 Å². The second-order valence-corrected chi connectivity index (χ2v) is 8.63. The van der Waals surface area contributed by atoms with Gasteiger partial charge in [0.1, 0.15) is 17.3 Å². The van der Waals surface area contributed by atoms with E-state index in [1.807, 2.05) is 30.3 Å². The van der Waals surface area contributed by atoms with Gasteiger partial charge in [0.2, 0.25) is 5.91 Å². The fourth-order valence-corrected chi connectivity index (χ4v) is 5.36. The summed E-state index contributed by atoms with van der Waals surface area (Å²) in [7, 11) is 0. The maximum Gasteiger partial charge on any atom is 0.225 e. The molecule has 0 saturated heterocycles. The Hall–Kier alpha value is -2.62. The SMILES string of the molecule is O=C1CCc2c(Oc3ccc4c(c3)[C@@H]3C(c5nc6c[c-]ccc6[nH]5)[C@@H]3C4)ccnc2N1.[U]. The van der Waals surface area contributed by atoms with Crippen LogP contribution in [0.15, 0.2) is 48.7 Å². The van der Waals surface area contributed by atoms with Crippen molar-refractivity contribution in [2.75, 3.05) is 5.32 Å². The van der Waals surface area contributed by atoms with Gasteiger partial charge >= 0.3 is 0 Å². The zero-order valence-corrected chi connectivity index (χ0v) is 21.3. The van der Waals surface area contributed by atoms with E-state index < -0.39 is 0 Å². The molecule has 1 saturated carbocycles. The van der Waals surface area contributed by atoms with Gasteiger partial charge in [-0.25, -0.2) is 4.98 Å². The first kappa shape index (κ1) is 20.0. The number of hydrogen-bond acceptors (Lipinski definition) is 4. The zero-order valence-electron chi connectivity index (χ0n) is 17.2. The molecule has 4 aromatic rings. The molecule has 3 atom stereocenters. The third-order valence-electron chi connectivity index (χ3n) is 6.86. The van der Waals surface area contributed by atoms with Crippen LogP contribution in [0, 0.1) is 43.1 Å². The largest absolute Gasteiger partial charge is 0.457 e. The molecule has 1 amide bonds. The minimum atomic E-state index is 0. The van der Waals surface area contributed by atoms with Crippen LogP contribution in [0.1, 0.15) is 40.8 Å². The van der Waals surface area contributed by atoms with Gasteiger partial charge in [0.15, 0.2) is 0 Å². The number of nitrogens with zero attached hydrogens (tertiary/aromatic N) is 2. The summed E-state index contributed by atoms with van der Waals surface area (Å²) >= 11 is 0. The number of fused-ring (bicyclic) bond motifs is 5. The number of imidazole rings is 1. The van der Waals surface area contributed by atoms with E-state index in [1.54, 1.807) is 6.20 Å². The number of hydrogen-bond donors (Lipinski definition) is 2. The Morgan fingerprint density at radius 1 is 1.12 bits per heavy atom. The number of aromatic nitrogens is 3. The number of aromatic amines is 1. The van der Waals surface area contributed by atoms with Crippen molar-refractivity contribution < 1.29 is 40.6 Å². The van der Waals surface area contributed by atoms with E-state index in [0.29, 0.717) is 36.4 Å². The van der Waals surface area contributed by atoms with Gasteiger partial charge in [-0.05, 0) is 65.0 Å². The molecule has 2 aromatic heterocycles. The molecule has 0 radical (unpaired) electrons. The van der Waals surface area contributed by atoms with Crippen LogP contribution in [0.5, 0.6) is 11.5 Å². The Balaban J connectivity index is 0.00000196. The third kappa shape index (κ3) is 3.10. The number of rotatable bonds is 3. The number of pyridine rings is 1. The minimum absolute atomic E-state index is 0. The van der Waals surface area contributed by atoms with E-state index in [1.165, 1.54) is 11.1 Å². The van der Waals surface area contributed by atoms with Crippen LogP contribution in [0.4, 0.5) is 5.82 Å². The van der Waals surface area contributed by atoms with Crippen molar-refractivity contribution in [1.29, 1.82) is 0 Å². The van der Waals surface area contributed by atoms with Gasteiger partial charge < -0.3 is 15.0 Å². The second kappa shape index (κ2) is 7.47. The summed E-state index contributed by atoms with van der Waals surface area (Å²) in [5, 5.41) is 2.83. The monoisotopic (exact) mass is 645 g/mol. The normalized spacial score (nSPS) is 22.4. The first-order chi connectivity index (χ1) is 15.2. The Labute approximate surface area is 208 Å². The number of H-pyrrole nitrogens is 1. The summed E-state index contributed by atoms with van der Waals surface area (Å²) in [5.74, 6) is 4.84. The van der Waals surface area contributed by atoms with Crippen molar-refractivity contribution in [3.8, 4) is 11.5 Å². The van der Waals surface area contributed by atoms with Gasteiger partial charge in [-0.15, -0.1) is 12.1 Å². The molecule has 1 unspecified atom stereocenters. The van der Waals surface area contributed by atoms with E-state index in [2.05, 4.69) is 33.5 Å². The van der Waals surface area contributed by atoms with Gasteiger partial charge in [0, 0.05) is 55.2 Å². The maximum atomic E-state index is 11.7. The summed E-state index contributed by atoms with van der Waals surface area (Å²) in [4.78, 5) is 24.3. The Kier molecular flexibility index (Phi) is 4.67. The zero-order chi connectivity index (χ0) is 20.5. The molecule has 3 heterocycles. The van der Waals surface area contributed by atoms with E-state index in [0.717, 1.165) is 40.3 Å². The molecule has 2 N–H and O–H groups in total. The smallest absolute Gasteiger partial charge is 0.225 e. The van der Waals surface area contributed by atoms with Gasteiger partial charge in [-0.2, -0.15) is 12.1 Å². The summed E-state index contributed by atoms with van der Waals surface area (Å²) < 4.78 is 6.27. The van der Waals surface area contributed by atoms with Gasteiger partial charge in [-0.3, -0.25) is 9.78 Å². The molecule has 156 valence electrons. The van der Waals surface area contributed by atoms with Crippen molar-refractivity contribution in [3.05, 3.63) is 77.2 Å². The molecule has 0 bridgehead atoms. The summed E-state index contributed by atoms with van der Waals surface area (Å²) in [6.07, 6.45) is 3.87. The third-order valence-corrected chi connectivity index (χ3v) is 6.86. The van der Waals surface area contributed by atoms with E-state index >= 15 is 0 Å². The van der Waals surface area contributed by atoms with Crippen LogP contribution in [-0.4, -0.2) is 20.9 Å². The Bertz CT molecular complexity index is 1350. The van der Waals surface area contributed by atoms with E-state index in [9.17, 15) is 4.79 Å². The first-order valence-electron chi connectivity index (χ1n) is 10.7. The van der Waals surface area contributed by atoms with Crippen LogP contribution in [-0.2, 0) is 17.6 Å². The number of benzene rings is 2. The topological polar surface area (TPSA) is 79.9 Å². The number of ether oxygens (including phenoxy) is 1. The average molecular weight is 645 g/mol. The minimum Gasteiger partial charge on any atom is -0.457 e. The van der Waals surface area contributed by atoms with Gasteiger partial charge in [0.05, 0.1) is 5.82 Å². The van der Waals surface area contributed by atoms with Crippen LogP contribution in [0.3, 0.4) is 0 Å². The Morgan fingerprint density at radius 3 is 2.97 bits per heavy atom. The quantitative estimate of drug-likeness (QED) is 0.322. The van der Waals surface area contributed by atoms with E-state index in [4.69, 9.17) is 9.72 Å². The molecule has 2 aromatic carbocycles. The molecule has 7 rings (SSSR count). The fraction of sp³-hybridized carbons (Fsp3) is 0.240. The average Bonchev–Trinajstić information content (AvgIpc) is 3.13. The molecule has 7 heteroatoms. The van der Waals surface area contributed by atoms with Crippen molar-refractivity contribution >= 4 is 22.8 Å². The maximum absolute atomic E-state index is 11.7. The number of carbonyl (C=O) groups is 1. The molecule has 2 aliphatic carbocycles. The number of amides is 1. The predicted molar refractivity (Wildman–Crippen MR) is 115 cm³/mol. The molecule has 32 heavy (non-hydrogen) atoms. The van der Waals surface area contributed by atoms with Crippen LogP contribution >= 0.6 is 0 Å². The summed E-state index contributed by atoms with van der Waals surface area (Å²) in [5.41, 5.74) is 5.80. The van der Waals surface area contributed by atoms with Crippen molar-refractivity contribution in [2.24, 2.45) is 5.92 Å². The van der Waals surface area contributed by atoms with Crippen LogP contribution in [0.2, 0.25) is 0 Å². The Morgan fingerprint density at radius 2 is 2.06 bits per heavy atom. The molecule has 1 fully saturated rings. The molecule has 6 nitrogen and oxygen atoms in total. The molecule has 0 spiro atoms. The molecular weight excluding hydrogens is 626 g/mol. The van der Waals surface area contributed by atoms with Crippen molar-refractivity contribution in [1.82, 2.24) is 15.0 Å². The predicted octanol–water partition coefficient (Wildman–Crippen LogP) is 4.49. The van der Waals surface area contributed by atoms with Crippen LogP contribution in [0.25, 0.3) is 11.0 Å². The van der Waals surface area contributed by atoms with Gasteiger partial charge in [-0.1, -0.05) is 6.07 Å². The van der Waals surface area contributed by atoms with Crippen LogP contribution < -0.4 is 10.1 Å². The van der Waals surface area contributed by atoms with Crippen molar-refractivity contribution in [2.45, 2.75) is 31.1 Å². The standard InChI is InChI=1S/C25H19N4O2.U/c30-21-8-7-15-20(9-10-26-24(15)29-21)31-14-6-5-13-11-17-22(16(13)12-14)23(17)25-27-18-3-1-2-4-19(18)28-25;/h1,3-6,9-10,12,17,22-23H,7-8,11H2,(H,27,28)(H,26,29,30);/q-1;/t17-,22+,23?;/m1./s1. The fourth-order valence-electron chi connectivity index (χ4n) is 5.36. The molecule has 1 aliphatic heterocycles. The number of carbonyl (C=O) groups excluding carboxylic acids is 1. The van der Waals surface area contributed by atoms with Crippen molar-refractivity contribution in [3.63, 3.8) is 0 Å². The number of nitrogens with one attached hydrogen (secondary N) is 2.